The van der Waals surface area contributed by atoms with E-state index in [-0.39, 0.29) is 5.92 Å². The number of hydrogen-bond donors (Lipinski definition) is 1. The number of pyridine rings is 1. The van der Waals surface area contributed by atoms with E-state index in [0.29, 0.717) is 24.5 Å². The molecule has 0 aliphatic carbocycles. The molecule has 0 radical (unpaired) electrons. The number of rotatable bonds is 3. The van der Waals surface area contributed by atoms with E-state index in [4.69, 9.17) is 5.73 Å². The third-order valence-electron chi connectivity index (χ3n) is 3.70. The fraction of sp³-hybridized carbons (Fsp3) is 0.462. The van der Waals surface area contributed by atoms with E-state index in [1.807, 2.05) is 28.9 Å². The first-order valence-corrected chi connectivity index (χ1v) is 8.25. The molecular formula is C13H17N3O2S. The summed E-state index contributed by atoms with van der Waals surface area (Å²) in [6.07, 6.45) is 5.26. The van der Waals surface area contributed by atoms with Crippen molar-refractivity contribution in [2.45, 2.75) is 19.4 Å². The van der Waals surface area contributed by atoms with Crippen LogP contribution < -0.4 is 5.73 Å². The van der Waals surface area contributed by atoms with Gasteiger partial charge in [0.2, 0.25) is 0 Å². The summed E-state index contributed by atoms with van der Waals surface area (Å²) >= 11 is 0. The molecule has 0 aromatic carbocycles. The minimum atomic E-state index is -2.82. The highest BCUT2D eigenvalue weighted by atomic mass is 32.2. The fourth-order valence-electron chi connectivity index (χ4n) is 2.65. The number of fused-ring (bicyclic) bond motifs is 1. The van der Waals surface area contributed by atoms with Crippen LogP contribution in [0.2, 0.25) is 0 Å². The van der Waals surface area contributed by atoms with E-state index >= 15 is 0 Å². The van der Waals surface area contributed by atoms with Crippen molar-refractivity contribution in [2.75, 3.05) is 11.5 Å². The maximum Gasteiger partial charge on any atom is 0.150 e. The Morgan fingerprint density at radius 2 is 2.26 bits per heavy atom. The lowest BCUT2D eigenvalue weighted by molar-refractivity contribution is 0.567. The zero-order chi connectivity index (χ0) is 13.5. The Balaban J connectivity index is 1.89. The molecule has 5 nitrogen and oxygen atoms in total. The van der Waals surface area contributed by atoms with Crippen LogP contribution >= 0.6 is 0 Å². The molecule has 2 aromatic rings. The Hall–Kier alpha value is -1.40. The number of nitrogens with zero attached hydrogens (tertiary/aromatic N) is 2. The van der Waals surface area contributed by atoms with Gasteiger partial charge in [0.25, 0.3) is 0 Å². The number of hydrogen-bond acceptors (Lipinski definition) is 4. The lowest BCUT2D eigenvalue weighted by Gasteiger charge is -2.07. The Morgan fingerprint density at radius 3 is 2.95 bits per heavy atom. The fourth-order valence-corrected chi connectivity index (χ4v) is 4.51. The van der Waals surface area contributed by atoms with Crippen molar-refractivity contribution in [2.24, 2.45) is 11.7 Å². The zero-order valence-electron chi connectivity index (χ0n) is 10.6. The van der Waals surface area contributed by atoms with Gasteiger partial charge in [-0.2, -0.15) is 0 Å². The summed E-state index contributed by atoms with van der Waals surface area (Å²) in [5, 5.41) is 0. The summed E-state index contributed by atoms with van der Waals surface area (Å²) in [6, 6.07) is 3.98. The molecule has 3 rings (SSSR count). The summed E-state index contributed by atoms with van der Waals surface area (Å²) in [4.78, 5) is 4.41. The van der Waals surface area contributed by atoms with E-state index < -0.39 is 9.84 Å². The Labute approximate surface area is 112 Å². The second kappa shape index (κ2) is 4.61. The highest BCUT2D eigenvalue weighted by molar-refractivity contribution is 7.91. The molecule has 0 amide bonds. The van der Waals surface area contributed by atoms with Crippen molar-refractivity contribution in [1.29, 1.82) is 0 Å². The van der Waals surface area contributed by atoms with Crippen LogP contribution in [0.3, 0.4) is 0 Å². The summed E-state index contributed by atoms with van der Waals surface area (Å²) in [7, 11) is -2.82. The predicted octanol–water partition coefficient (Wildman–Crippen LogP) is 0.770. The van der Waals surface area contributed by atoms with Gasteiger partial charge in [0.1, 0.15) is 5.82 Å². The average Bonchev–Trinajstić information content (AvgIpc) is 2.93. The van der Waals surface area contributed by atoms with Crippen LogP contribution in [0.5, 0.6) is 0 Å². The molecule has 1 saturated heterocycles. The van der Waals surface area contributed by atoms with Gasteiger partial charge in [-0.15, -0.1) is 0 Å². The number of nitrogens with two attached hydrogens (primary N) is 1. The monoisotopic (exact) mass is 279 g/mol. The van der Waals surface area contributed by atoms with Gasteiger partial charge >= 0.3 is 0 Å². The highest BCUT2D eigenvalue weighted by Crippen LogP contribution is 2.22. The quantitative estimate of drug-likeness (QED) is 0.900. The van der Waals surface area contributed by atoms with Gasteiger partial charge in [-0.05, 0) is 24.0 Å². The Bertz CT molecular complexity index is 706. The molecule has 1 atom stereocenters. The minimum absolute atomic E-state index is 0.192. The first-order chi connectivity index (χ1) is 9.07. The molecular weight excluding hydrogens is 262 g/mol. The maximum absolute atomic E-state index is 11.5. The number of sulfone groups is 1. The maximum atomic E-state index is 11.5. The zero-order valence-corrected chi connectivity index (χ0v) is 11.4. The molecule has 6 heteroatoms. The summed E-state index contributed by atoms with van der Waals surface area (Å²) in [5.41, 5.74) is 7.71. The molecule has 2 N–H and O–H groups in total. The van der Waals surface area contributed by atoms with Gasteiger partial charge in [-0.25, -0.2) is 13.4 Å². The SMILES string of the molecule is NCc1ccc2cnc(CC3CCS(=O)(=O)C3)n2c1. The van der Waals surface area contributed by atoms with Crippen LogP contribution in [-0.4, -0.2) is 29.3 Å². The molecule has 1 aliphatic heterocycles. The van der Waals surface area contributed by atoms with Crippen LogP contribution in [0.25, 0.3) is 5.52 Å². The normalized spacial score (nSPS) is 22.1. The van der Waals surface area contributed by atoms with E-state index in [9.17, 15) is 8.42 Å². The topological polar surface area (TPSA) is 77.5 Å². The van der Waals surface area contributed by atoms with Crippen LogP contribution in [0, 0.1) is 5.92 Å². The van der Waals surface area contributed by atoms with Crippen molar-refractivity contribution in [3.05, 3.63) is 35.9 Å². The average molecular weight is 279 g/mol. The molecule has 1 fully saturated rings. The molecule has 3 heterocycles. The summed E-state index contributed by atoms with van der Waals surface area (Å²) in [6.45, 7) is 0.491. The smallest absolute Gasteiger partial charge is 0.150 e. The Kier molecular flexibility index (Phi) is 3.06. The van der Waals surface area contributed by atoms with Crippen molar-refractivity contribution in [3.63, 3.8) is 0 Å². The third kappa shape index (κ3) is 2.50. The largest absolute Gasteiger partial charge is 0.326 e. The molecule has 19 heavy (non-hydrogen) atoms. The molecule has 0 saturated carbocycles. The Morgan fingerprint density at radius 1 is 1.42 bits per heavy atom. The second-order valence-electron chi connectivity index (χ2n) is 5.18. The van der Waals surface area contributed by atoms with E-state index in [1.165, 1.54) is 0 Å². The number of aromatic nitrogens is 2. The molecule has 1 unspecified atom stereocenters. The van der Waals surface area contributed by atoms with Crippen LogP contribution in [0.1, 0.15) is 17.8 Å². The van der Waals surface area contributed by atoms with Crippen LogP contribution in [-0.2, 0) is 22.8 Å². The van der Waals surface area contributed by atoms with Gasteiger partial charge in [-0.3, -0.25) is 0 Å². The van der Waals surface area contributed by atoms with Crippen molar-refractivity contribution < 1.29 is 8.42 Å². The first kappa shape index (κ1) is 12.6. The van der Waals surface area contributed by atoms with E-state index in [1.54, 1.807) is 0 Å². The molecule has 1 aliphatic rings. The summed E-state index contributed by atoms with van der Waals surface area (Å²) < 4.78 is 25.0. The predicted molar refractivity (Wildman–Crippen MR) is 73.5 cm³/mol. The van der Waals surface area contributed by atoms with Gasteiger partial charge < -0.3 is 10.1 Å². The van der Waals surface area contributed by atoms with E-state index in [2.05, 4.69) is 4.98 Å². The molecule has 102 valence electrons. The standard InChI is InChI=1S/C13H17N3O2S/c14-6-11-1-2-12-7-15-13(16(12)8-11)5-10-3-4-19(17,18)9-10/h1-2,7-8,10H,3-6,9,14H2. The molecule has 0 spiro atoms. The van der Waals surface area contributed by atoms with Gasteiger partial charge in [0.05, 0.1) is 23.2 Å². The van der Waals surface area contributed by atoms with Gasteiger partial charge in [0.15, 0.2) is 9.84 Å². The van der Waals surface area contributed by atoms with Crippen LogP contribution in [0.15, 0.2) is 24.5 Å². The lowest BCUT2D eigenvalue weighted by atomic mass is 10.1. The van der Waals surface area contributed by atoms with Crippen molar-refractivity contribution in [3.8, 4) is 0 Å². The second-order valence-corrected chi connectivity index (χ2v) is 7.41. The molecule has 0 bridgehead atoms. The van der Waals surface area contributed by atoms with Gasteiger partial charge in [0, 0.05) is 19.2 Å². The van der Waals surface area contributed by atoms with Gasteiger partial charge in [-0.1, -0.05) is 6.07 Å². The minimum Gasteiger partial charge on any atom is -0.326 e. The van der Waals surface area contributed by atoms with Crippen molar-refractivity contribution in [1.82, 2.24) is 9.38 Å². The van der Waals surface area contributed by atoms with Crippen molar-refractivity contribution >= 4 is 15.4 Å². The number of imidazole rings is 1. The lowest BCUT2D eigenvalue weighted by Crippen LogP contribution is -2.10. The highest BCUT2D eigenvalue weighted by Gasteiger charge is 2.28. The summed E-state index contributed by atoms with van der Waals surface area (Å²) in [5.74, 6) is 1.72. The van der Waals surface area contributed by atoms with E-state index in [0.717, 1.165) is 23.3 Å². The molecule has 2 aromatic heterocycles. The third-order valence-corrected chi connectivity index (χ3v) is 5.54. The first-order valence-electron chi connectivity index (χ1n) is 6.43. The van der Waals surface area contributed by atoms with Crippen LogP contribution in [0.4, 0.5) is 0 Å².